The zero-order valence-electron chi connectivity index (χ0n) is 11.5. The van der Waals surface area contributed by atoms with E-state index in [1.54, 1.807) is 0 Å². The highest BCUT2D eigenvalue weighted by molar-refractivity contribution is 5.79. The molecule has 1 aliphatic rings. The van der Waals surface area contributed by atoms with E-state index < -0.39 is 0 Å². The summed E-state index contributed by atoms with van der Waals surface area (Å²) in [4.78, 5) is 7.01. The number of guanidine groups is 1. The monoisotopic (exact) mass is 241 g/mol. The summed E-state index contributed by atoms with van der Waals surface area (Å²) in [6.07, 6.45) is 1.24. The van der Waals surface area contributed by atoms with E-state index in [0.29, 0.717) is 24.0 Å². The molecule has 17 heavy (non-hydrogen) atoms. The molecule has 5 heteroatoms. The van der Waals surface area contributed by atoms with Gasteiger partial charge in [0.15, 0.2) is 0 Å². The topological polar surface area (TPSA) is 65.7 Å². The average molecular weight is 241 g/mol. The molecule has 0 spiro atoms. The molecule has 0 saturated carbocycles. The Morgan fingerprint density at radius 2 is 2.12 bits per heavy atom. The molecule has 1 aliphatic heterocycles. The van der Waals surface area contributed by atoms with Crippen molar-refractivity contribution in [1.82, 2.24) is 15.6 Å². The van der Waals surface area contributed by atoms with Crippen LogP contribution in [0, 0.1) is 5.92 Å². The SMILES string of the molecule is CC(C)NC(=NCC1CCN(C(C)C)C1)NN. The smallest absolute Gasteiger partial charge is 0.205 e. The fourth-order valence-electron chi connectivity index (χ4n) is 2.11. The number of hydrogen-bond acceptors (Lipinski definition) is 3. The molecule has 1 rings (SSSR count). The fourth-order valence-corrected chi connectivity index (χ4v) is 2.11. The third-order valence-electron chi connectivity index (χ3n) is 3.12. The van der Waals surface area contributed by atoms with Crippen LogP contribution in [0.5, 0.6) is 0 Å². The van der Waals surface area contributed by atoms with Gasteiger partial charge >= 0.3 is 0 Å². The molecular formula is C12H27N5. The van der Waals surface area contributed by atoms with E-state index in [1.165, 1.54) is 13.0 Å². The molecule has 100 valence electrons. The van der Waals surface area contributed by atoms with Crippen molar-refractivity contribution in [2.75, 3.05) is 19.6 Å². The minimum absolute atomic E-state index is 0.348. The lowest BCUT2D eigenvalue weighted by molar-refractivity contribution is 0.266. The first kappa shape index (κ1) is 14.3. The Morgan fingerprint density at radius 3 is 2.59 bits per heavy atom. The van der Waals surface area contributed by atoms with Gasteiger partial charge in [-0.05, 0) is 46.6 Å². The van der Waals surface area contributed by atoms with Crippen molar-refractivity contribution >= 4 is 5.96 Å². The number of aliphatic imine (C=N–C) groups is 1. The lowest BCUT2D eigenvalue weighted by atomic mass is 10.1. The summed E-state index contributed by atoms with van der Waals surface area (Å²) in [6.45, 7) is 11.8. The maximum Gasteiger partial charge on any atom is 0.205 e. The van der Waals surface area contributed by atoms with Gasteiger partial charge < -0.3 is 10.2 Å². The molecular weight excluding hydrogens is 214 g/mol. The first-order valence-electron chi connectivity index (χ1n) is 6.54. The molecule has 1 unspecified atom stereocenters. The number of nitrogens with two attached hydrogens (primary N) is 1. The van der Waals surface area contributed by atoms with E-state index in [9.17, 15) is 0 Å². The summed E-state index contributed by atoms with van der Waals surface area (Å²) in [5.41, 5.74) is 2.62. The molecule has 0 amide bonds. The van der Waals surface area contributed by atoms with Crippen LogP contribution in [0.15, 0.2) is 4.99 Å². The molecule has 1 fully saturated rings. The van der Waals surface area contributed by atoms with Crippen LogP contribution in [0.3, 0.4) is 0 Å². The van der Waals surface area contributed by atoms with Crippen LogP contribution >= 0.6 is 0 Å². The zero-order valence-corrected chi connectivity index (χ0v) is 11.5. The molecule has 1 atom stereocenters. The fraction of sp³-hybridized carbons (Fsp3) is 0.917. The highest BCUT2D eigenvalue weighted by Crippen LogP contribution is 2.18. The summed E-state index contributed by atoms with van der Waals surface area (Å²) >= 11 is 0. The molecule has 4 N–H and O–H groups in total. The van der Waals surface area contributed by atoms with Crippen LogP contribution in [-0.2, 0) is 0 Å². The third-order valence-corrected chi connectivity index (χ3v) is 3.12. The molecule has 0 aromatic heterocycles. The molecule has 1 heterocycles. The molecule has 0 aromatic carbocycles. The molecule has 0 aliphatic carbocycles. The van der Waals surface area contributed by atoms with Crippen LogP contribution in [0.2, 0.25) is 0 Å². The number of nitrogens with zero attached hydrogens (tertiary/aromatic N) is 2. The van der Waals surface area contributed by atoms with Gasteiger partial charge in [0, 0.05) is 25.2 Å². The van der Waals surface area contributed by atoms with Gasteiger partial charge in [0.05, 0.1) is 0 Å². The Hall–Kier alpha value is -0.810. The van der Waals surface area contributed by atoms with Crippen molar-refractivity contribution in [3.05, 3.63) is 0 Å². The van der Waals surface area contributed by atoms with Crippen molar-refractivity contribution in [3.8, 4) is 0 Å². The van der Waals surface area contributed by atoms with E-state index in [0.717, 1.165) is 13.1 Å². The average Bonchev–Trinajstić information content (AvgIpc) is 2.72. The van der Waals surface area contributed by atoms with Gasteiger partial charge in [-0.2, -0.15) is 0 Å². The van der Waals surface area contributed by atoms with E-state index in [-0.39, 0.29) is 0 Å². The lowest BCUT2D eigenvalue weighted by Crippen LogP contribution is -2.44. The zero-order chi connectivity index (χ0) is 12.8. The number of nitrogens with one attached hydrogen (secondary N) is 2. The van der Waals surface area contributed by atoms with Crippen LogP contribution in [-0.4, -0.2) is 42.6 Å². The number of likely N-dealkylation sites (tertiary alicyclic amines) is 1. The number of rotatable bonds is 4. The van der Waals surface area contributed by atoms with Crippen LogP contribution in [0.4, 0.5) is 0 Å². The summed E-state index contributed by atoms with van der Waals surface area (Å²) in [5, 5.41) is 3.19. The van der Waals surface area contributed by atoms with E-state index >= 15 is 0 Å². The van der Waals surface area contributed by atoms with Crippen LogP contribution in [0.25, 0.3) is 0 Å². The molecule has 5 nitrogen and oxygen atoms in total. The van der Waals surface area contributed by atoms with E-state index in [2.05, 4.69) is 48.3 Å². The van der Waals surface area contributed by atoms with E-state index in [1.807, 2.05) is 0 Å². The number of hydrogen-bond donors (Lipinski definition) is 3. The van der Waals surface area contributed by atoms with Crippen LogP contribution in [0.1, 0.15) is 34.1 Å². The van der Waals surface area contributed by atoms with Gasteiger partial charge in [-0.25, -0.2) is 5.84 Å². The Kier molecular flexibility index (Phi) is 5.71. The van der Waals surface area contributed by atoms with Gasteiger partial charge in [0.2, 0.25) is 5.96 Å². The summed E-state index contributed by atoms with van der Waals surface area (Å²) < 4.78 is 0. The maximum absolute atomic E-state index is 5.43. The predicted octanol–water partition coefficient (Wildman–Crippen LogP) is 0.534. The Morgan fingerprint density at radius 1 is 1.41 bits per heavy atom. The van der Waals surface area contributed by atoms with Crippen molar-refractivity contribution in [2.45, 2.75) is 46.2 Å². The normalized spacial score (nSPS) is 22.5. The second-order valence-electron chi connectivity index (χ2n) is 5.38. The van der Waals surface area contributed by atoms with Crippen LogP contribution < -0.4 is 16.6 Å². The second kappa shape index (κ2) is 6.81. The molecule has 1 saturated heterocycles. The third kappa shape index (κ3) is 4.91. The largest absolute Gasteiger partial charge is 0.353 e. The highest BCUT2D eigenvalue weighted by Gasteiger charge is 2.23. The predicted molar refractivity (Wildman–Crippen MR) is 72.7 cm³/mol. The standard InChI is InChI=1S/C12H27N5/c1-9(2)15-12(16-13)14-7-11-5-6-17(8-11)10(3)4/h9-11H,5-8,13H2,1-4H3,(H2,14,15,16). The molecule has 0 radical (unpaired) electrons. The van der Waals surface area contributed by atoms with Gasteiger partial charge in [-0.1, -0.05) is 0 Å². The Balaban J connectivity index is 2.37. The van der Waals surface area contributed by atoms with Crippen molar-refractivity contribution < 1.29 is 0 Å². The summed E-state index contributed by atoms with van der Waals surface area (Å²) in [7, 11) is 0. The van der Waals surface area contributed by atoms with Crippen molar-refractivity contribution in [2.24, 2.45) is 16.8 Å². The first-order valence-corrected chi connectivity index (χ1v) is 6.54. The van der Waals surface area contributed by atoms with Crippen molar-refractivity contribution in [3.63, 3.8) is 0 Å². The quantitative estimate of drug-likeness (QED) is 0.291. The molecule has 0 aromatic rings. The highest BCUT2D eigenvalue weighted by atomic mass is 15.3. The second-order valence-corrected chi connectivity index (χ2v) is 5.38. The minimum Gasteiger partial charge on any atom is -0.353 e. The summed E-state index contributed by atoms with van der Waals surface area (Å²) in [5.74, 6) is 6.79. The first-order chi connectivity index (χ1) is 8.02. The van der Waals surface area contributed by atoms with E-state index in [4.69, 9.17) is 5.84 Å². The Labute approximate surface area is 105 Å². The van der Waals surface area contributed by atoms with Gasteiger partial charge in [-0.3, -0.25) is 10.4 Å². The summed E-state index contributed by atoms with van der Waals surface area (Å²) in [6, 6.07) is 0.991. The van der Waals surface area contributed by atoms with Gasteiger partial charge in [0.1, 0.15) is 0 Å². The number of hydrazine groups is 1. The minimum atomic E-state index is 0.348. The molecule has 0 bridgehead atoms. The van der Waals surface area contributed by atoms with Crippen molar-refractivity contribution in [1.29, 1.82) is 0 Å². The Bertz CT molecular complexity index is 249. The maximum atomic E-state index is 5.43. The van der Waals surface area contributed by atoms with Gasteiger partial charge in [0.25, 0.3) is 0 Å². The van der Waals surface area contributed by atoms with Gasteiger partial charge in [-0.15, -0.1) is 0 Å². The lowest BCUT2D eigenvalue weighted by Gasteiger charge is -2.20.